The maximum atomic E-state index is 8.63. The lowest BCUT2D eigenvalue weighted by Crippen LogP contribution is -2.02. The molecule has 15 heavy (non-hydrogen) atoms. The van der Waals surface area contributed by atoms with Crippen LogP contribution in [0.15, 0.2) is 24.3 Å². The molecule has 0 aliphatic heterocycles. The van der Waals surface area contributed by atoms with Crippen molar-refractivity contribution in [1.29, 1.82) is 5.26 Å². The van der Waals surface area contributed by atoms with Gasteiger partial charge in [-0.2, -0.15) is 14.9 Å². The molecule has 2 rings (SSSR count). The quantitative estimate of drug-likeness (QED) is 0.688. The second-order valence-corrected chi connectivity index (χ2v) is 2.90. The highest BCUT2D eigenvalue weighted by atomic mass is 15.4. The minimum absolute atomic E-state index is 0.122. The van der Waals surface area contributed by atoms with Crippen molar-refractivity contribution in [3.05, 3.63) is 29.8 Å². The summed E-state index contributed by atoms with van der Waals surface area (Å²) in [7, 11) is 0. The van der Waals surface area contributed by atoms with Crippen LogP contribution in [-0.4, -0.2) is 14.8 Å². The van der Waals surface area contributed by atoms with Crippen LogP contribution in [0.1, 0.15) is 5.56 Å². The van der Waals surface area contributed by atoms with E-state index < -0.39 is 0 Å². The first kappa shape index (κ1) is 9.02. The van der Waals surface area contributed by atoms with Crippen molar-refractivity contribution in [1.82, 2.24) is 14.8 Å². The molecule has 1 aromatic carbocycles. The Morgan fingerprint density at radius 3 is 2.33 bits per heavy atom. The summed E-state index contributed by atoms with van der Waals surface area (Å²) in [4.78, 5) is 3.77. The van der Waals surface area contributed by atoms with E-state index in [1.54, 1.807) is 24.3 Å². The van der Waals surface area contributed by atoms with Crippen molar-refractivity contribution in [2.45, 2.75) is 0 Å². The summed E-state index contributed by atoms with van der Waals surface area (Å²) in [6.45, 7) is 0. The fraction of sp³-hybridized carbons (Fsp3) is 0. The molecule has 4 N–H and O–H groups in total. The van der Waals surface area contributed by atoms with Crippen molar-refractivity contribution in [3.8, 4) is 11.8 Å². The van der Waals surface area contributed by atoms with Crippen LogP contribution in [-0.2, 0) is 0 Å². The summed E-state index contributed by atoms with van der Waals surface area (Å²) in [5.41, 5.74) is 12.3. The van der Waals surface area contributed by atoms with E-state index in [0.29, 0.717) is 5.56 Å². The van der Waals surface area contributed by atoms with E-state index in [9.17, 15) is 0 Å². The van der Waals surface area contributed by atoms with Crippen LogP contribution in [0.25, 0.3) is 5.69 Å². The predicted octanol–water partition coefficient (Wildman–Crippen LogP) is 0.303. The maximum Gasteiger partial charge on any atom is 0.241 e. The van der Waals surface area contributed by atoms with E-state index in [-0.39, 0.29) is 11.9 Å². The summed E-state index contributed by atoms with van der Waals surface area (Å²) in [5, 5.41) is 12.5. The van der Waals surface area contributed by atoms with Gasteiger partial charge < -0.3 is 11.5 Å². The lowest BCUT2D eigenvalue weighted by atomic mass is 10.2. The molecule has 0 bridgehead atoms. The molecule has 1 aromatic heterocycles. The number of hydrogen-bond acceptors (Lipinski definition) is 5. The normalized spacial score (nSPS) is 9.80. The average molecular weight is 200 g/mol. The molecule has 74 valence electrons. The Bertz CT molecular complexity index is 519. The highest BCUT2D eigenvalue weighted by Crippen LogP contribution is 2.12. The smallest absolute Gasteiger partial charge is 0.241 e. The molecule has 1 heterocycles. The van der Waals surface area contributed by atoms with E-state index in [1.165, 1.54) is 4.68 Å². The van der Waals surface area contributed by atoms with Crippen molar-refractivity contribution in [3.63, 3.8) is 0 Å². The van der Waals surface area contributed by atoms with Gasteiger partial charge in [0.15, 0.2) is 0 Å². The number of nitriles is 1. The zero-order chi connectivity index (χ0) is 10.8. The van der Waals surface area contributed by atoms with Crippen molar-refractivity contribution >= 4 is 11.9 Å². The molecule has 0 spiro atoms. The van der Waals surface area contributed by atoms with Gasteiger partial charge in [0.05, 0.1) is 17.3 Å². The number of hydrogen-bond donors (Lipinski definition) is 2. The molecule has 0 atom stereocenters. The highest BCUT2D eigenvalue weighted by Gasteiger charge is 2.05. The largest absolute Gasteiger partial charge is 0.368 e. The van der Waals surface area contributed by atoms with Crippen LogP contribution in [0.2, 0.25) is 0 Å². The molecule has 0 saturated heterocycles. The number of nitrogens with two attached hydrogens (primary N) is 2. The van der Waals surface area contributed by atoms with Crippen LogP contribution < -0.4 is 11.5 Å². The molecular formula is C9H8N6. The molecular weight excluding hydrogens is 192 g/mol. The summed E-state index contributed by atoms with van der Waals surface area (Å²) in [6, 6.07) is 8.82. The fourth-order valence-electron chi connectivity index (χ4n) is 1.21. The van der Waals surface area contributed by atoms with Gasteiger partial charge in [0, 0.05) is 0 Å². The van der Waals surface area contributed by atoms with Gasteiger partial charge in [0.25, 0.3) is 0 Å². The van der Waals surface area contributed by atoms with Crippen LogP contribution >= 0.6 is 0 Å². The number of nitrogens with zero attached hydrogens (tertiary/aromatic N) is 4. The van der Waals surface area contributed by atoms with Gasteiger partial charge in [-0.3, -0.25) is 0 Å². The SMILES string of the molecule is N#Cc1ccc(-n2nc(N)nc2N)cc1. The van der Waals surface area contributed by atoms with Crippen molar-refractivity contribution in [2.24, 2.45) is 0 Å². The molecule has 0 aliphatic rings. The van der Waals surface area contributed by atoms with E-state index in [1.807, 2.05) is 6.07 Å². The van der Waals surface area contributed by atoms with E-state index in [2.05, 4.69) is 10.1 Å². The summed E-state index contributed by atoms with van der Waals surface area (Å²) in [6.07, 6.45) is 0. The Kier molecular flexibility index (Phi) is 1.99. The zero-order valence-electron chi connectivity index (χ0n) is 7.75. The average Bonchev–Trinajstić information content (AvgIpc) is 2.58. The third-order valence-electron chi connectivity index (χ3n) is 1.89. The highest BCUT2D eigenvalue weighted by molar-refractivity contribution is 5.43. The fourth-order valence-corrected chi connectivity index (χ4v) is 1.21. The van der Waals surface area contributed by atoms with Gasteiger partial charge in [0.1, 0.15) is 0 Å². The molecule has 0 aliphatic carbocycles. The molecule has 6 heteroatoms. The van der Waals surface area contributed by atoms with Crippen LogP contribution in [0, 0.1) is 11.3 Å². The van der Waals surface area contributed by atoms with Gasteiger partial charge >= 0.3 is 0 Å². The Morgan fingerprint density at radius 1 is 1.20 bits per heavy atom. The molecule has 2 aromatic rings. The molecule has 6 nitrogen and oxygen atoms in total. The number of nitrogen functional groups attached to an aromatic ring is 2. The predicted molar refractivity (Wildman–Crippen MR) is 54.9 cm³/mol. The summed E-state index contributed by atoms with van der Waals surface area (Å²) >= 11 is 0. The monoisotopic (exact) mass is 200 g/mol. The van der Waals surface area contributed by atoms with Gasteiger partial charge in [-0.15, -0.1) is 5.10 Å². The number of aromatic nitrogens is 3. The van der Waals surface area contributed by atoms with Crippen LogP contribution in [0.5, 0.6) is 0 Å². The number of rotatable bonds is 1. The third kappa shape index (κ3) is 1.58. The van der Waals surface area contributed by atoms with Gasteiger partial charge in [-0.25, -0.2) is 0 Å². The Morgan fingerprint density at radius 2 is 1.87 bits per heavy atom. The second-order valence-electron chi connectivity index (χ2n) is 2.90. The minimum Gasteiger partial charge on any atom is -0.368 e. The lowest BCUT2D eigenvalue weighted by molar-refractivity contribution is 0.895. The standard InChI is InChI=1S/C9H8N6/c10-5-6-1-3-7(4-2-6)15-9(12)13-8(11)14-15/h1-4H,(H4,11,12,13,14). The summed E-state index contributed by atoms with van der Waals surface area (Å²) < 4.78 is 1.41. The zero-order valence-corrected chi connectivity index (χ0v) is 7.75. The van der Waals surface area contributed by atoms with Crippen molar-refractivity contribution < 1.29 is 0 Å². The molecule has 0 saturated carbocycles. The molecule has 0 fully saturated rings. The lowest BCUT2D eigenvalue weighted by Gasteiger charge is -2.01. The maximum absolute atomic E-state index is 8.63. The van der Waals surface area contributed by atoms with E-state index in [4.69, 9.17) is 16.7 Å². The van der Waals surface area contributed by atoms with E-state index in [0.717, 1.165) is 5.69 Å². The minimum atomic E-state index is 0.122. The third-order valence-corrected chi connectivity index (χ3v) is 1.89. The topological polar surface area (TPSA) is 107 Å². The first-order valence-electron chi connectivity index (χ1n) is 4.19. The first-order valence-corrected chi connectivity index (χ1v) is 4.19. The van der Waals surface area contributed by atoms with Gasteiger partial charge in [0.2, 0.25) is 11.9 Å². The second kappa shape index (κ2) is 3.31. The van der Waals surface area contributed by atoms with Gasteiger partial charge in [-0.1, -0.05) is 0 Å². The van der Waals surface area contributed by atoms with Crippen molar-refractivity contribution in [2.75, 3.05) is 11.5 Å². The van der Waals surface area contributed by atoms with Crippen LogP contribution in [0.3, 0.4) is 0 Å². The molecule has 0 unspecified atom stereocenters. The number of anilines is 2. The van der Waals surface area contributed by atoms with Crippen LogP contribution in [0.4, 0.5) is 11.9 Å². The summed E-state index contributed by atoms with van der Waals surface area (Å²) in [5.74, 6) is 0.342. The number of benzene rings is 1. The van der Waals surface area contributed by atoms with E-state index >= 15 is 0 Å². The molecule has 0 radical (unpaired) electrons. The Hall–Kier alpha value is -2.55. The molecule has 0 amide bonds. The first-order chi connectivity index (χ1) is 7.20. The Labute approximate surface area is 85.8 Å². The van der Waals surface area contributed by atoms with Gasteiger partial charge in [-0.05, 0) is 24.3 Å². The Balaban J connectivity index is 2.46.